The lowest BCUT2D eigenvalue weighted by molar-refractivity contribution is 0.271. The first-order valence-electron chi connectivity index (χ1n) is 6.37. The Morgan fingerprint density at radius 3 is 2.60 bits per heavy atom. The van der Waals surface area contributed by atoms with Crippen LogP contribution in [0.5, 0.6) is 0 Å². The molecule has 1 heterocycles. The fourth-order valence-electron chi connectivity index (χ4n) is 2.90. The third kappa shape index (κ3) is 3.28. The summed E-state index contributed by atoms with van der Waals surface area (Å²) in [5, 5.41) is 3.69. The molecule has 0 bridgehead atoms. The number of nitrogens with one attached hydrogen (secondary N) is 1. The average molecular weight is 229 g/mol. The van der Waals surface area contributed by atoms with Crippen molar-refractivity contribution in [2.24, 2.45) is 5.92 Å². The zero-order valence-corrected chi connectivity index (χ0v) is 10.5. The maximum Gasteiger partial charge on any atom is 0.0391 e. The van der Waals surface area contributed by atoms with Crippen molar-refractivity contribution in [3.05, 3.63) is 0 Å². The van der Waals surface area contributed by atoms with Crippen LogP contribution in [-0.2, 0) is 10.8 Å². The second-order valence-corrected chi connectivity index (χ2v) is 6.79. The Kier molecular flexibility index (Phi) is 4.21. The summed E-state index contributed by atoms with van der Waals surface area (Å²) >= 11 is 0. The molecule has 3 atom stereocenters. The molecule has 2 fully saturated rings. The summed E-state index contributed by atoms with van der Waals surface area (Å²) in [6, 6.07) is 1.09. The van der Waals surface area contributed by atoms with Crippen LogP contribution >= 0.6 is 0 Å². The van der Waals surface area contributed by atoms with Gasteiger partial charge in [-0.3, -0.25) is 4.21 Å². The van der Waals surface area contributed by atoms with Gasteiger partial charge in [0.1, 0.15) is 0 Å². The van der Waals surface area contributed by atoms with Gasteiger partial charge in [0.25, 0.3) is 0 Å². The highest BCUT2D eigenvalue weighted by Crippen LogP contribution is 2.28. The molecule has 1 N–H and O–H groups in total. The third-order valence-electron chi connectivity index (χ3n) is 3.86. The van der Waals surface area contributed by atoms with Crippen molar-refractivity contribution in [3.63, 3.8) is 0 Å². The molecule has 1 aliphatic heterocycles. The fourth-order valence-corrected chi connectivity index (χ4v) is 4.45. The van der Waals surface area contributed by atoms with Gasteiger partial charge in [-0.25, -0.2) is 0 Å². The molecule has 1 saturated carbocycles. The monoisotopic (exact) mass is 229 g/mol. The standard InChI is InChI=1S/C12H23NOS/c1-10-7-8-15(14)9-12(13-10)11-5-3-2-4-6-11/h10-13H,2-9H2,1H3. The summed E-state index contributed by atoms with van der Waals surface area (Å²) in [4.78, 5) is 0. The van der Waals surface area contributed by atoms with Crippen molar-refractivity contribution >= 4 is 10.8 Å². The van der Waals surface area contributed by atoms with Gasteiger partial charge < -0.3 is 5.32 Å². The number of hydrogen-bond donors (Lipinski definition) is 1. The minimum Gasteiger partial charge on any atom is -0.310 e. The summed E-state index contributed by atoms with van der Waals surface area (Å²) in [6.45, 7) is 2.23. The van der Waals surface area contributed by atoms with Crippen LogP contribution in [-0.4, -0.2) is 27.8 Å². The van der Waals surface area contributed by atoms with Gasteiger partial charge in [0.05, 0.1) is 0 Å². The lowest BCUT2D eigenvalue weighted by Gasteiger charge is -2.31. The van der Waals surface area contributed by atoms with E-state index in [0.29, 0.717) is 12.1 Å². The van der Waals surface area contributed by atoms with Crippen LogP contribution in [0.4, 0.5) is 0 Å². The molecule has 1 saturated heterocycles. The first-order valence-corrected chi connectivity index (χ1v) is 7.85. The van der Waals surface area contributed by atoms with Gasteiger partial charge >= 0.3 is 0 Å². The van der Waals surface area contributed by atoms with E-state index in [1.807, 2.05) is 0 Å². The van der Waals surface area contributed by atoms with E-state index in [4.69, 9.17) is 0 Å². The molecular weight excluding hydrogens is 206 g/mol. The Morgan fingerprint density at radius 1 is 1.13 bits per heavy atom. The summed E-state index contributed by atoms with van der Waals surface area (Å²) < 4.78 is 11.8. The summed E-state index contributed by atoms with van der Waals surface area (Å²) in [7, 11) is -0.573. The van der Waals surface area contributed by atoms with Gasteiger partial charge in [0, 0.05) is 34.4 Å². The normalized spacial score (nSPS) is 39.9. The molecule has 3 heteroatoms. The van der Waals surface area contributed by atoms with E-state index in [9.17, 15) is 4.21 Å². The molecule has 0 radical (unpaired) electrons. The molecule has 3 unspecified atom stereocenters. The Balaban J connectivity index is 1.95. The molecule has 15 heavy (non-hydrogen) atoms. The van der Waals surface area contributed by atoms with E-state index >= 15 is 0 Å². The van der Waals surface area contributed by atoms with Crippen LogP contribution < -0.4 is 5.32 Å². The lowest BCUT2D eigenvalue weighted by Crippen LogP contribution is -2.43. The van der Waals surface area contributed by atoms with Gasteiger partial charge in [0.2, 0.25) is 0 Å². The van der Waals surface area contributed by atoms with Crippen LogP contribution in [0.15, 0.2) is 0 Å². The van der Waals surface area contributed by atoms with E-state index in [1.54, 1.807) is 0 Å². The highest BCUT2D eigenvalue weighted by molar-refractivity contribution is 7.85. The predicted octanol–water partition coefficient (Wildman–Crippen LogP) is 2.07. The molecule has 0 aromatic heterocycles. The van der Waals surface area contributed by atoms with Crippen molar-refractivity contribution in [3.8, 4) is 0 Å². The van der Waals surface area contributed by atoms with Crippen molar-refractivity contribution in [2.45, 2.75) is 57.5 Å². The van der Waals surface area contributed by atoms with Gasteiger partial charge in [-0.1, -0.05) is 19.3 Å². The Morgan fingerprint density at radius 2 is 1.87 bits per heavy atom. The second kappa shape index (κ2) is 5.44. The molecule has 2 nitrogen and oxygen atoms in total. The van der Waals surface area contributed by atoms with Crippen molar-refractivity contribution < 1.29 is 4.21 Å². The van der Waals surface area contributed by atoms with Crippen LogP contribution in [0, 0.1) is 5.92 Å². The average Bonchev–Trinajstić information content (AvgIpc) is 2.42. The summed E-state index contributed by atoms with van der Waals surface area (Å²) in [5.41, 5.74) is 0. The van der Waals surface area contributed by atoms with Gasteiger partial charge in [0.15, 0.2) is 0 Å². The Hall–Kier alpha value is 0.110. The topological polar surface area (TPSA) is 29.1 Å². The van der Waals surface area contributed by atoms with Crippen LogP contribution in [0.1, 0.15) is 45.4 Å². The maximum atomic E-state index is 11.8. The van der Waals surface area contributed by atoms with E-state index in [2.05, 4.69) is 12.2 Å². The first kappa shape index (κ1) is 11.6. The lowest BCUT2D eigenvalue weighted by atomic mass is 9.84. The predicted molar refractivity (Wildman–Crippen MR) is 65.5 cm³/mol. The van der Waals surface area contributed by atoms with Gasteiger partial charge in [-0.15, -0.1) is 0 Å². The third-order valence-corrected chi connectivity index (χ3v) is 5.28. The van der Waals surface area contributed by atoms with Gasteiger partial charge in [-0.2, -0.15) is 0 Å². The zero-order chi connectivity index (χ0) is 10.7. The summed E-state index contributed by atoms with van der Waals surface area (Å²) in [6.07, 6.45) is 7.94. The fraction of sp³-hybridized carbons (Fsp3) is 1.00. The molecule has 0 amide bonds. The summed E-state index contributed by atoms with van der Waals surface area (Å²) in [5.74, 6) is 2.59. The maximum absolute atomic E-state index is 11.8. The highest BCUT2D eigenvalue weighted by Gasteiger charge is 2.28. The molecule has 0 aromatic carbocycles. The zero-order valence-electron chi connectivity index (χ0n) is 9.71. The largest absolute Gasteiger partial charge is 0.310 e. The van der Waals surface area contributed by atoms with Crippen molar-refractivity contribution in [2.75, 3.05) is 11.5 Å². The van der Waals surface area contributed by atoms with E-state index in [1.165, 1.54) is 32.1 Å². The number of rotatable bonds is 1. The molecule has 1 aliphatic carbocycles. The van der Waals surface area contributed by atoms with E-state index in [0.717, 1.165) is 23.8 Å². The van der Waals surface area contributed by atoms with Crippen molar-refractivity contribution in [1.82, 2.24) is 5.32 Å². The molecule has 0 aromatic rings. The number of hydrogen-bond acceptors (Lipinski definition) is 2. The quantitative estimate of drug-likeness (QED) is 0.746. The highest BCUT2D eigenvalue weighted by atomic mass is 32.2. The Bertz CT molecular complexity index is 226. The van der Waals surface area contributed by atoms with Crippen LogP contribution in [0.3, 0.4) is 0 Å². The molecule has 2 rings (SSSR count). The Labute approximate surface area is 95.7 Å². The molecule has 0 spiro atoms. The molecule has 2 aliphatic rings. The van der Waals surface area contributed by atoms with Crippen LogP contribution in [0.25, 0.3) is 0 Å². The van der Waals surface area contributed by atoms with Crippen molar-refractivity contribution in [1.29, 1.82) is 0 Å². The minimum absolute atomic E-state index is 0.531. The first-order chi connectivity index (χ1) is 7.25. The van der Waals surface area contributed by atoms with Gasteiger partial charge in [-0.05, 0) is 32.1 Å². The molecule has 88 valence electrons. The second-order valence-electron chi connectivity index (χ2n) is 5.17. The van der Waals surface area contributed by atoms with E-state index in [-0.39, 0.29) is 0 Å². The smallest absolute Gasteiger partial charge is 0.0391 e. The minimum atomic E-state index is -0.573. The molecular formula is C12H23NOS. The van der Waals surface area contributed by atoms with Crippen LogP contribution in [0.2, 0.25) is 0 Å². The SMILES string of the molecule is CC1CCS(=O)CC(C2CCCCC2)N1. The van der Waals surface area contributed by atoms with E-state index < -0.39 is 10.8 Å².